The highest BCUT2D eigenvalue weighted by Crippen LogP contribution is 2.28. The Hall–Kier alpha value is -1.26. The fourth-order valence-electron chi connectivity index (χ4n) is 2.32. The second-order valence-corrected chi connectivity index (χ2v) is 4.71. The van der Waals surface area contributed by atoms with Gasteiger partial charge in [-0.25, -0.2) is 4.79 Å². The molecule has 2 amide bonds. The van der Waals surface area contributed by atoms with Crippen molar-refractivity contribution in [2.75, 3.05) is 19.7 Å². The topological polar surface area (TPSA) is 67.4 Å². The Morgan fingerprint density at radius 2 is 1.94 bits per heavy atom. The van der Waals surface area contributed by atoms with Crippen LogP contribution in [-0.2, 0) is 9.53 Å². The number of hydrogen-bond donors (Lipinski definition) is 2. The van der Waals surface area contributed by atoms with Crippen molar-refractivity contribution in [2.45, 2.75) is 45.4 Å². The molecule has 1 saturated carbocycles. The Labute approximate surface area is 109 Å². The smallest absolute Gasteiger partial charge is 0.325 e. The van der Waals surface area contributed by atoms with Crippen LogP contribution in [0, 0.1) is 5.92 Å². The molecule has 0 aromatic rings. The van der Waals surface area contributed by atoms with Crippen molar-refractivity contribution in [2.24, 2.45) is 5.92 Å². The normalized spacial score (nSPS) is 15.4. The van der Waals surface area contributed by atoms with Gasteiger partial charge in [0, 0.05) is 6.54 Å². The van der Waals surface area contributed by atoms with E-state index in [0.717, 1.165) is 12.3 Å². The van der Waals surface area contributed by atoms with Gasteiger partial charge in [-0.2, -0.15) is 0 Å². The van der Waals surface area contributed by atoms with E-state index in [1.807, 2.05) is 0 Å². The minimum Gasteiger partial charge on any atom is -0.465 e. The number of carbonyl (C=O) groups is 2. The molecule has 0 aromatic carbocycles. The third-order valence-electron chi connectivity index (χ3n) is 3.25. The Balaban J connectivity index is 1.94. The molecule has 0 radical (unpaired) electrons. The molecule has 104 valence electrons. The van der Waals surface area contributed by atoms with Gasteiger partial charge in [0.25, 0.3) is 0 Å². The molecule has 0 unspecified atom stereocenters. The molecular formula is C13H24N2O3. The van der Waals surface area contributed by atoms with E-state index in [4.69, 9.17) is 4.74 Å². The molecule has 0 bridgehead atoms. The highest BCUT2D eigenvalue weighted by Gasteiger charge is 2.14. The fraction of sp³-hybridized carbons (Fsp3) is 0.846. The maximum absolute atomic E-state index is 11.3. The van der Waals surface area contributed by atoms with Crippen molar-refractivity contribution in [3.05, 3.63) is 0 Å². The maximum Gasteiger partial charge on any atom is 0.325 e. The third-order valence-corrected chi connectivity index (χ3v) is 3.25. The van der Waals surface area contributed by atoms with Gasteiger partial charge in [0.2, 0.25) is 0 Å². The number of ether oxygens (including phenoxy) is 1. The minimum absolute atomic E-state index is 0.0672. The minimum atomic E-state index is -0.404. The van der Waals surface area contributed by atoms with Crippen LogP contribution in [0.4, 0.5) is 4.79 Å². The molecule has 0 aliphatic heterocycles. The molecule has 0 heterocycles. The van der Waals surface area contributed by atoms with Gasteiger partial charge in [0.15, 0.2) is 0 Å². The SMILES string of the molecule is CCOC(=O)CNC(=O)NCCCC1CCCC1. The molecule has 1 aliphatic carbocycles. The highest BCUT2D eigenvalue weighted by molar-refractivity contribution is 5.80. The van der Waals surface area contributed by atoms with Gasteiger partial charge in [0.1, 0.15) is 6.54 Å². The van der Waals surface area contributed by atoms with Crippen molar-refractivity contribution >= 4 is 12.0 Å². The lowest BCUT2D eigenvalue weighted by Crippen LogP contribution is -2.39. The Morgan fingerprint density at radius 1 is 1.22 bits per heavy atom. The molecule has 0 spiro atoms. The summed E-state index contributed by atoms with van der Waals surface area (Å²) in [5.41, 5.74) is 0. The Bertz CT molecular complexity index is 263. The first kappa shape index (κ1) is 14.8. The van der Waals surface area contributed by atoms with Crippen LogP contribution in [0.25, 0.3) is 0 Å². The Kier molecular flexibility index (Phi) is 7.22. The number of amides is 2. The lowest BCUT2D eigenvalue weighted by atomic mass is 10.0. The zero-order valence-corrected chi connectivity index (χ0v) is 11.2. The van der Waals surface area contributed by atoms with Crippen molar-refractivity contribution in [1.82, 2.24) is 10.6 Å². The average Bonchev–Trinajstić information content (AvgIpc) is 2.85. The Morgan fingerprint density at radius 3 is 2.61 bits per heavy atom. The second-order valence-electron chi connectivity index (χ2n) is 4.71. The summed E-state index contributed by atoms with van der Waals surface area (Å²) in [5.74, 6) is 0.452. The van der Waals surface area contributed by atoms with Gasteiger partial charge in [-0.3, -0.25) is 4.79 Å². The van der Waals surface area contributed by atoms with E-state index in [1.165, 1.54) is 32.1 Å². The molecule has 18 heavy (non-hydrogen) atoms. The molecule has 5 heteroatoms. The van der Waals surface area contributed by atoms with Gasteiger partial charge in [-0.1, -0.05) is 25.7 Å². The fourth-order valence-corrected chi connectivity index (χ4v) is 2.32. The molecule has 5 nitrogen and oxygen atoms in total. The lowest BCUT2D eigenvalue weighted by Gasteiger charge is -2.10. The number of rotatable bonds is 7. The van der Waals surface area contributed by atoms with Crippen molar-refractivity contribution in [3.63, 3.8) is 0 Å². The molecule has 2 N–H and O–H groups in total. The first-order valence-electron chi connectivity index (χ1n) is 6.89. The summed E-state index contributed by atoms with van der Waals surface area (Å²) in [4.78, 5) is 22.3. The predicted molar refractivity (Wildman–Crippen MR) is 69.2 cm³/mol. The number of urea groups is 1. The van der Waals surface area contributed by atoms with E-state index in [0.29, 0.717) is 13.2 Å². The van der Waals surface area contributed by atoms with Crippen LogP contribution in [0.5, 0.6) is 0 Å². The van der Waals surface area contributed by atoms with Crippen molar-refractivity contribution < 1.29 is 14.3 Å². The predicted octanol–water partition coefficient (Wildman–Crippen LogP) is 1.82. The summed E-state index contributed by atoms with van der Waals surface area (Å²) in [6.45, 7) is 2.68. The largest absolute Gasteiger partial charge is 0.465 e. The monoisotopic (exact) mass is 256 g/mol. The van der Waals surface area contributed by atoms with Crippen LogP contribution in [0.3, 0.4) is 0 Å². The highest BCUT2D eigenvalue weighted by atomic mass is 16.5. The summed E-state index contributed by atoms with van der Waals surface area (Å²) < 4.78 is 4.70. The summed E-state index contributed by atoms with van der Waals surface area (Å²) >= 11 is 0. The maximum atomic E-state index is 11.3. The van der Waals surface area contributed by atoms with Crippen molar-refractivity contribution in [3.8, 4) is 0 Å². The van der Waals surface area contributed by atoms with Crippen LogP contribution in [-0.4, -0.2) is 31.7 Å². The van der Waals surface area contributed by atoms with E-state index < -0.39 is 5.97 Å². The van der Waals surface area contributed by atoms with E-state index in [-0.39, 0.29) is 12.6 Å². The zero-order valence-electron chi connectivity index (χ0n) is 11.2. The zero-order chi connectivity index (χ0) is 13.2. The van der Waals surface area contributed by atoms with Gasteiger partial charge >= 0.3 is 12.0 Å². The molecule has 0 aromatic heterocycles. The molecule has 0 saturated heterocycles. The molecular weight excluding hydrogens is 232 g/mol. The summed E-state index contributed by atoms with van der Waals surface area (Å²) in [5, 5.41) is 5.22. The summed E-state index contributed by atoms with van der Waals surface area (Å²) in [7, 11) is 0. The number of hydrogen-bond acceptors (Lipinski definition) is 3. The van der Waals surface area contributed by atoms with Gasteiger partial charge in [-0.05, 0) is 25.7 Å². The molecule has 0 atom stereocenters. The second kappa shape index (κ2) is 8.78. The average molecular weight is 256 g/mol. The first-order valence-corrected chi connectivity index (χ1v) is 6.89. The van der Waals surface area contributed by atoms with Crippen molar-refractivity contribution in [1.29, 1.82) is 0 Å². The van der Waals surface area contributed by atoms with Gasteiger partial charge in [0.05, 0.1) is 6.61 Å². The number of nitrogens with one attached hydrogen (secondary N) is 2. The first-order chi connectivity index (χ1) is 8.72. The molecule has 1 fully saturated rings. The molecule has 1 rings (SSSR count). The van der Waals surface area contributed by atoms with Gasteiger partial charge in [-0.15, -0.1) is 0 Å². The van der Waals surface area contributed by atoms with E-state index in [1.54, 1.807) is 6.92 Å². The third kappa shape index (κ3) is 6.47. The summed E-state index contributed by atoms with van der Waals surface area (Å²) in [6, 6.07) is -0.297. The van der Waals surface area contributed by atoms with Crippen LogP contribution in [0.15, 0.2) is 0 Å². The number of carbonyl (C=O) groups excluding carboxylic acids is 2. The van der Waals surface area contributed by atoms with Crippen LogP contribution < -0.4 is 10.6 Å². The lowest BCUT2D eigenvalue weighted by molar-refractivity contribution is -0.141. The van der Waals surface area contributed by atoms with Crippen LogP contribution in [0.1, 0.15) is 45.4 Å². The summed E-state index contributed by atoms with van der Waals surface area (Å²) in [6.07, 6.45) is 7.61. The van der Waals surface area contributed by atoms with Crippen LogP contribution in [0.2, 0.25) is 0 Å². The molecule has 1 aliphatic rings. The van der Waals surface area contributed by atoms with E-state index >= 15 is 0 Å². The van der Waals surface area contributed by atoms with E-state index in [2.05, 4.69) is 10.6 Å². The standard InChI is InChI=1S/C13H24N2O3/c1-2-18-12(16)10-15-13(17)14-9-5-8-11-6-3-4-7-11/h11H,2-10H2,1H3,(H2,14,15,17). The van der Waals surface area contributed by atoms with Gasteiger partial charge < -0.3 is 15.4 Å². The quantitative estimate of drug-likeness (QED) is 0.539. The van der Waals surface area contributed by atoms with Crippen LogP contribution >= 0.6 is 0 Å². The van der Waals surface area contributed by atoms with E-state index in [9.17, 15) is 9.59 Å². The number of esters is 1.